The largest absolute Gasteiger partial charge is 0.466 e. The lowest BCUT2D eigenvalue weighted by atomic mass is 10.0. The van der Waals surface area contributed by atoms with E-state index in [9.17, 15) is 9.90 Å². The van der Waals surface area contributed by atoms with Crippen LogP contribution < -0.4 is 5.32 Å². The van der Waals surface area contributed by atoms with E-state index in [4.69, 9.17) is 4.42 Å². The van der Waals surface area contributed by atoms with Crippen molar-refractivity contribution in [3.8, 4) is 10.6 Å². The molecule has 0 unspecified atom stereocenters. The highest BCUT2D eigenvalue weighted by atomic mass is 32.1. The molecule has 1 atom stereocenters. The maximum absolute atomic E-state index is 12.2. The molecular formula is C17H16N2O3S. The van der Waals surface area contributed by atoms with Gasteiger partial charge in [0.1, 0.15) is 22.1 Å². The highest BCUT2D eigenvalue weighted by Crippen LogP contribution is 2.24. The third kappa shape index (κ3) is 3.49. The van der Waals surface area contributed by atoms with Crippen LogP contribution in [0.15, 0.2) is 58.5 Å². The number of hydrogen-bond acceptors (Lipinski definition) is 5. The first-order valence-electron chi connectivity index (χ1n) is 7.12. The molecule has 1 amide bonds. The van der Waals surface area contributed by atoms with Crippen molar-refractivity contribution in [3.05, 3.63) is 65.6 Å². The van der Waals surface area contributed by atoms with Crippen LogP contribution in [-0.2, 0) is 5.60 Å². The number of aromatic nitrogens is 1. The molecule has 2 N–H and O–H groups in total. The predicted octanol–water partition coefficient (Wildman–Crippen LogP) is 3.04. The molecule has 0 aliphatic rings. The lowest BCUT2D eigenvalue weighted by Gasteiger charge is -2.20. The van der Waals surface area contributed by atoms with E-state index in [0.29, 0.717) is 11.5 Å². The van der Waals surface area contributed by atoms with Gasteiger partial charge in [-0.3, -0.25) is 4.79 Å². The fourth-order valence-corrected chi connectivity index (χ4v) is 2.91. The fraction of sp³-hybridized carbons (Fsp3) is 0.176. The van der Waals surface area contributed by atoms with Gasteiger partial charge in [-0.2, -0.15) is 0 Å². The molecule has 118 valence electrons. The first kappa shape index (κ1) is 15.5. The number of thiazole rings is 1. The predicted molar refractivity (Wildman–Crippen MR) is 88.2 cm³/mol. The first-order chi connectivity index (χ1) is 11.1. The van der Waals surface area contributed by atoms with Gasteiger partial charge in [0.25, 0.3) is 5.91 Å². The first-order valence-corrected chi connectivity index (χ1v) is 8.00. The number of amides is 1. The van der Waals surface area contributed by atoms with Crippen LogP contribution in [0.1, 0.15) is 23.2 Å². The van der Waals surface area contributed by atoms with Gasteiger partial charge >= 0.3 is 0 Å². The number of carbonyl (C=O) groups excluding carboxylic acids is 1. The Morgan fingerprint density at radius 1 is 1.30 bits per heavy atom. The van der Waals surface area contributed by atoms with Crippen molar-refractivity contribution in [1.82, 2.24) is 10.3 Å². The number of benzene rings is 1. The summed E-state index contributed by atoms with van der Waals surface area (Å²) in [5, 5.41) is 15.5. The van der Waals surface area contributed by atoms with E-state index in [2.05, 4.69) is 10.3 Å². The number of carbonyl (C=O) groups is 1. The Bertz CT molecular complexity index is 779. The van der Waals surface area contributed by atoms with Crippen LogP contribution in [0.4, 0.5) is 0 Å². The molecule has 23 heavy (non-hydrogen) atoms. The van der Waals surface area contributed by atoms with Crippen LogP contribution in [0.25, 0.3) is 10.6 Å². The molecule has 3 aromatic rings. The summed E-state index contributed by atoms with van der Waals surface area (Å²) in [5.74, 6) is 0.0799. The van der Waals surface area contributed by atoms with Crippen LogP contribution in [0.3, 0.4) is 0 Å². The van der Waals surface area contributed by atoms with Gasteiger partial charge in [-0.05, 0) is 19.1 Å². The van der Waals surface area contributed by atoms with Gasteiger partial charge in [-0.25, -0.2) is 4.98 Å². The number of rotatable bonds is 5. The van der Waals surface area contributed by atoms with E-state index in [1.54, 1.807) is 24.4 Å². The van der Waals surface area contributed by atoms with E-state index in [-0.39, 0.29) is 12.5 Å². The average Bonchev–Trinajstić information content (AvgIpc) is 3.25. The van der Waals surface area contributed by atoms with E-state index in [1.807, 2.05) is 30.3 Å². The molecule has 5 nitrogen and oxygen atoms in total. The van der Waals surface area contributed by atoms with Gasteiger partial charge < -0.3 is 14.8 Å². The minimum atomic E-state index is -1.27. The molecule has 6 heteroatoms. The Kier molecular flexibility index (Phi) is 4.27. The molecule has 0 saturated carbocycles. The molecule has 0 aliphatic heterocycles. The van der Waals surface area contributed by atoms with Crippen molar-refractivity contribution in [2.24, 2.45) is 0 Å². The second-order valence-electron chi connectivity index (χ2n) is 5.34. The van der Waals surface area contributed by atoms with E-state index >= 15 is 0 Å². The molecule has 0 bridgehead atoms. The monoisotopic (exact) mass is 328 g/mol. The summed E-state index contributed by atoms with van der Waals surface area (Å²) in [6.45, 7) is 1.63. The molecule has 0 fully saturated rings. The Labute approximate surface area is 137 Å². The molecule has 1 aromatic carbocycles. The third-order valence-electron chi connectivity index (χ3n) is 3.40. The molecule has 2 aromatic heterocycles. The fourth-order valence-electron chi connectivity index (χ4n) is 2.11. The third-order valence-corrected chi connectivity index (χ3v) is 4.29. The number of hydrogen-bond donors (Lipinski definition) is 2. The van der Waals surface area contributed by atoms with Gasteiger partial charge in [0.2, 0.25) is 0 Å². The lowest BCUT2D eigenvalue weighted by Crippen LogP contribution is -2.38. The maximum atomic E-state index is 12.2. The van der Waals surface area contributed by atoms with Gasteiger partial charge in [0.05, 0.1) is 12.8 Å². The summed E-state index contributed by atoms with van der Waals surface area (Å²) in [6, 6.07) is 13.0. The van der Waals surface area contributed by atoms with Crippen LogP contribution >= 0.6 is 11.3 Å². The maximum Gasteiger partial charge on any atom is 0.270 e. The molecule has 0 saturated heterocycles. The highest BCUT2D eigenvalue weighted by molar-refractivity contribution is 7.13. The van der Waals surface area contributed by atoms with Crippen LogP contribution in [-0.4, -0.2) is 22.5 Å². The minimum absolute atomic E-state index is 0.0392. The second kappa shape index (κ2) is 6.36. The van der Waals surface area contributed by atoms with Crippen LogP contribution in [0.5, 0.6) is 0 Å². The summed E-state index contributed by atoms with van der Waals surface area (Å²) in [4.78, 5) is 16.5. The van der Waals surface area contributed by atoms with Crippen molar-refractivity contribution >= 4 is 17.2 Å². The number of furan rings is 1. The Morgan fingerprint density at radius 3 is 2.78 bits per heavy atom. The van der Waals surface area contributed by atoms with E-state index in [0.717, 1.165) is 10.6 Å². The SMILES string of the molecule is C[C@](O)(CNC(=O)c1csc(-c2ccccc2)n1)c1ccco1. The normalized spacial score (nSPS) is 13.5. The van der Waals surface area contributed by atoms with E-state index < -0.39 is 5.60 Å². The molecule has 2 heterocycles. The summed E-state index contributed by atoms with van der Waals surface area (Å²) >= 11 is 1.41. The van der Waals surface area contributed by atoms with Gasteiger partial charge in [-0.1, -0.05) is 30.3 Å². The summed E-state index contributed by atoms with van der Waals surface area (Å²) < 4.78 is 5.18. The summed E-state index contributed by atoms with van der Waals surface area (Å²) in [6.07, 6.45) is 1.48. The van der Waals surface area contributed by atoms with Crippen LogP contribution in [0, 0.1) is 0 Å². The number of nitrogens with one attached hydrogen (secondary N) is 1. The lowest BCUT2D eigenvalue weighted by molar-refractivity contribution is 0.0329. The zero-order valence-corrected chi connectivity index (χ0v) is 13.3. The molecule has 0 radical (unpaired) electrons. The summed E-state index contributed by atoms with van der Waals surface area (Å²) in [5.41, 5.74) is 0.0421. The van der Waals surface area contributed by atoms with Crippen molar-refractivity contribution in [2.75, 3.05) is 6.54 Å². The molecule has 3 rings (SSSR count). The second-order valence-corrected chi connectivity index (χ2v) is 6.20. The van der Waals surface area contributed by atoms with Crippen molar-refractivity contribution in [3.63, 3.8) is 0 Å². The Morgan fingerprint density at radius 2 is 2.09 bits per heavy atom. The number of nitrogens with zero attached hydrogens (tertiary/aromatic N) is 1. The van der Waals surface area contributed by atoms with Gasteiger partial charge in [0.15, 0.2) is 0 Å². The standard InChI is InChI=1S/C17H16N2O3S/c1-17(21,14-8-5-9-22-14)11-18-15(20)13-10-23-16(19-13)12-6-3-2-4-7-12/h2-10,21H,11H2,1H3,(H,18,20)/t17-/m0/s1. The van der Waals surface area contributed by atoms with Crippen molar-refractivity contribution < 1.29 is 14.3 Å². The quantitative estimate of drug-likeness (QED) is 0.755. The molecule has 0 aliphatic carbocycles. The van der Waals surface area contributed by atoms with Crippen molar-refractivity contribution in [1.29, 1.82) is 0 Å². The number of aliphatic hydroxyl groups is 1. The zero-order chi connectivity index (χ0) is 16.3. The smallest absolute Gasteiger partial charge is 0.270 e. The molecule has 0 spiro atoms. The zero-order valence-electron chi connectivity index (χ0n) is 12.5. The van der Waals surface area contributed by atoms with Crippen molar-refractivity contribution in [2.45, 2.75) is 12.5 Å². The highest BCUT2D eigenvalue weighted by Gasteiger charge is 2.27. The Balaban J connectivity index is 1.66. The average molecular weight is 328 g/mol. The Hall–Kier alpha value is -2.44. The van der Waals surface area contributed by atoms with E-state index in [1.165, 1.54) is 17.6 Å². The minimum Gasteiger partial charge on any atom is -0.466 e. The summed E-state index contributed by atoms with van der Waals surface area (Å²) in [7, 11) is 0. The van der Waals surface area contributed by atoms with Gasteiger partial charge in [0, 0.05) is 10.9 Å². The topological polar surface area (TPSA) is 75.4 Å². The van der Waals surface area contributed by atoms with Crippen LogP contribution in [0.2, 0.25) is 0 Å². The molecular weight excluding hydrogens is 312 g/mol. The van der Waals surface area contributed by atoms with Gasteiger partial charge in [-0.15, -0.1) is 11.3 Å².